The Bertz CT molecular complexity index is 412. The van der Waals surface area contributed by atoms with Crippen molar-refractivity contribution >= 4 is 23.2 Å². The number of hydrogen-bond acceptors (Lipinski definition) is 4. The maximum Gasteiger partial charge on any atom is 0.319 e. The summed E-state index contributed by atoms with van der Waals surface area (Å²) in [5.41, 5.74) is -1.18. The van der Waals surface area contributed by atoms with Crippen molar-refractivity contribution < 1.29 is 14.7 Å². The summed E-state index contributed by atoms with van der Waals surface area (Å²) in [6.07, 6.45) is 2.52. The molecule has 0 aliphatic heterocycles. The van der Waals surface area contributed by atoms with E-state index in [9.17, 15) is 9.59 Å². The van der Waals surface area contributed by atoms with Gasteiger partial charge in [-0.05, 0) is 19.8 Å². The Morgan fingerprint density at radius 2 is 2.31 bits per heavy atom. The molecule has 16 heavy (non-hydrogen) atoms. The highest BCUT2D eigenvalue weighted by atomic mass is 32.1. The van der Waals surface area contributed by atoms with Crippen LogP contribution in [0.2, 0.25) is 0 Å². The lowest BCUT2D eigenvalue weighted by Crippen LogP contribution is -2.38. The van der Waals surface area contributed by atoms with Crippen LogP contribution in [0.4, 0.5) is 0 Å². The van der Waals surface area contributed by atoms with E-state index < -0.39 is 17.3 Å². The van der Waals surface area contributed by atoms with Crippen molar-refractivity contribution in [1.29, 1.82) is 0 Å². The van der Waals surface area contributed by atoms with Crippen molar-refractivity contribution in [3.63, 3.8) is 0 Å². The normalized spacial score (nSPS) is 18.8. The molecule has 0 bridgehead atoms. The van der Waals surface area contributed by atoms with Gasteiger partial charge in [0.25, 0.3) is 0 Å². The predicted molar refractivity (Wildman–Crippen MR) is 58.0 cm³/mol. The second-order valence-electron chi connectivity index (χ2n) is 3.95. The number of hydrogen-bond donors (Lipinski definition) is 2. The van der Waals surface area contributed by atoms with E-state index in [4.69, 9.17) is 5.11 Å². The highest BCUT2D eigenvalue weighted by molar-refractivity contribution is 7.09. The molecule has 0 spiro atoms. The molecule has 1 aliphatic rings. The van der Waals surface area contributed by atoms with E-state index in [-0.39, 0.29) is 6.04 Å². The van der Waals surface area contributed by atoms with Gasteiger partial charge < -0.3 is 10.4 Å². The Morgan fingerprint density at radius 3 is 2.75 bits per heavy atom. The zero-order chi connectivity index (χ0) is 11.8. The molecule has 1 heterocycles. The SMILES string of the molecule is C[C@H](NC(=O)C1(C(=O)O)CC1)c1nccs1. The molecule has 0 unspecified atom stereocenters. The quantitative estimate of drug-likeness (QED) is 0.775. The van der Waals surface area contributed by atoms with Crippen LogP contribution in [0.15, 0.2) is 11.6 Å². The van der Waals surface area contributed by atoms with Crippen molar-refractivity contribution in [2.24, 2.45) is 5.41 Å². The largest absolute Gasteiger partial charge is 0.480 e. The van der Waals surface area contributed by atoms with Crippen LogP contribution in [0.1, 0.15) is 30.8 Å². The van der Waals surface area contributed by atoms with Crippen LogP contribution in [0.3, 0.4) is 0 Å². The zero-order valence-electron chi connectivity index (χ0n) is 8.77. The average Bonchev–Trinajstić information content (AvgIpc) is 2.87. The predicted octanol–water partition coefficient (Wildman–Crippen LogP) is 1.19. The zero-order valence-corrected chi connectivity index (χ0v) is 9.58. The summed E-state index contributed by atoms with van der Waals surface area (Å²) in [7, 11) is 0. The third kappa shape index (κ3) is 1.80. The second kappa shape index (κ2) is 3.86. The number of nitrogens with zero attached hydrogens (tertiary/aromatic N) is 1. The van der Waals surface area contributed by atoms with Crippen LogP contribution < -0.4 is 5.32 Å². The summed E-state index contributed by atoms with van der Waals surface area (Å²) in [5, 5.41) is 14.2. The van der Waals surface area contributed by atoms with Crippen LogP contribution >= 0.6 is 11.3 Å². The van der Waals surface area contributed by atoms with Gasteiger partial charge in [-0.3, -0.25) is 9.59 Å². The van der Waals surface area contributed by atoms with Crippen LogP contribution in [0.5, 0.6) is 0 Å². The molecule has 6 heteroatoms. The van der Waals surface area contributed by atoms with Crippen molar-refractivity contribution in [3.8, 4) is 0 Å². The van der Waals surface area contributed by atoms with Crippen LogP contribution in [0, 0.1) is 5.41 Å². The first-order valence-corrected chi connectivity index (χ1v) is 5.88. The molecule has 86 valence electrons. The van der Waals surface area contributed by atoms with Gasteiger partial charge in [-0.25, -0.2) is 4.98 Å². The first-order valence-electron chi connectivity index (χ1n) is 5.00. The van der Waals surface area contributed by atoms with Gasteiger partial charge in [0.2, 0.25) is 5.91 Å². The molecular formula is C10H12N2O3S. The lowest BCUT2D eigenvalue weighted by molar-refractivity contribution is -0.149. The number of carbonyl (C=O) groups is 2. The topological polar surface area (TPSA) is 79.3 Å². The molecule has 2 rings (SSSR count). The fourth-order valence-electron chi connectivity index (χ4n) is 1.51. The van der Waals surface area contributed by atoms with Gasteiger partial charge in [-0.15, -0.1) is 11.3 Å². The highest BCUT2D eigenvalue weighted by Crippen LogP contribution is 2.46. The Labute approximate surface area is 96.5 Å². The molecule has 5 nitrogen and oxygen atoms in total. The Morgan fingerprint density at radius 1 is 1.62 bits per heavy atom. The molecule has 1 atom stereocenters. The number of thiazole rings is 1. The summed E-state index contributed by atoms with van der Waals surface area (Å²) in [6, 6.07) is -0.232. The molecule has 1 fully saturated rings. The number of aromatic nitrogens is 1. The summed E-state index contributed by atoms with van der Waals surface area (Å²) < 4.78 is 0. The summed E-state index contributed by atoms with van der Waals surface area (Å²) in [4.78, 5) is 26.8. The highest BCUT2D eigenvalue weighted by Gasteiger charge is 2.57. The summed E-state index contributed by atoms with van der Waals surface area (Å²) >= 11 is 1.44. The first-order chi connectivity index (χ1) is 7.56. The van der Waals surface area contributed by atoms with E-state index in [0.29, 0.717) is 12.8 Å². The molecule has 1 aromatic heterocycles. The Hall–Kier alpha value is -1.43. The van der Waals surface area contributed by atoms with Crippen molar-refractivity contribution in [2.45, 2.75) is 25.8 Å². The van der Waals surface area contributed by atoms with E-state index in [1.807, 2.05) is 5.38 Å². The van der Waals surface area contributed by atoms with E-state index in [2.05, 4.69) is 10.3 Å². The van der Waals surface area contributed by atoms with E-state index >= 15 is 0 Å². The third-order valence-corrected chi connectivity index (χ3v) is 3.72. The smallest absolute Gasteiger partial charge is 0.319 e. The monoisotopic (exact) mass is 240 g/mol. The van der Waals surface area contributed by atoms with Gasteiger partial charge in [-0.1, -0.05) is 0 Å². The number of carboxylic acids is 1. The van der Waals surface area contributed by atoms with Gasteiger partial charge >= 0.3 is 5.97 Å². The number of amides is 1. The van der Waals surface area contributed by atoms with Crippen LogP contribution in [-0.4, -0.2) is 22.0 Å². The maximum atomic E-state index is 11.8. The van der Waals surface area contributed by atoms with E-state index in [1.54, 1.807) is 13.1 Å². The molecule has 0 aromatic carbocycles. The minimum absolute atomic E-state index is 0.232. The summed E-state index contributed by atoms with van der Waals surface area (Å²) in [5.74, 6) is -1.43. The average molecular weight is 240 g/mol. The molecule has 1 saturated carbocycles. The number of nitrogens with one attached hydrogen (secondary N) is 1. The van der Waals surface area contributed by atoms with Crippen LogP contribution in [-0.2, 0) is 9.59 Å². The third-order valence-electron chi connectivity index (χ3n) is 2.76. The standard InChI is InChI=1S/C10H12N2O3S/c1-6(7-11-4-5-16-7)12-8(13)10(2-3-10)9(14)15/h4-6H,2-3H2,1H3,(H,12,13)(H,14,15)/t6-/m0/s1. The van der Waals surface area contributed by atoms with Gasteiger partial charge in [0.1, 0.15) is 10.4 Å². The number of carbonyl (C=O) groups excluding carboxylic acids is 1. The minimum Gasteiger partial charge on any atom is -0.480 e. The molecule has 0 radical (unpaired) electrons. The summed E-state index contributed by atoms with van der Waals surface area (Å²) in [6.45, 7) is 1.80. The molecule has 1 aromatic rings. The van der Waals surface area contributed by atoms with Crippen molar-refractivity contribution in [2.75, 3.05) is 0 Å². The van der Waals surface area contributed by atoms with Crippen molar-refractivity contribution in [3.05, 3.63) is 16.6 Å². The Kier molecular flexibility index (Phi) is 2.67. The number of carboxylic acid groups (broad SMARTS) is 1. The van der Waals surface area contributed by atoms with Crippen LogP contribution in [0.25, 0.3) is 0 Å². The van der Waals surface area contributed by atoms with E-state index in [0.717, 1.165) is 5.01 Å². The lowest BCUT2D eigenvalue weighted by atomic mass is 10.1. The molecule has 1 aliphatic carbocycles. The van der Waals surface area contributed by atoms with Gasteiger partial charge in [0.05, 0.1) is 6.04 Å². The molecule has 2 N–H and O–H groups in total. The minimum atomic E-state index is -1.18. The molecule has 0 saturated heterocycles. The second-order valence-corrected chi connectivity index (χ2v) is 4.88. The Balaban J connectivity index is 2.01. The fourth-order valence-corrected chi connectivity index (χ4v) is 2.15. The van der Waals surface area contributed by atoms with Crippen molar-refractivity contribution in [1.82, 2.24) is 10.3 Å². The lowest BCUT2D eigenvalue weighted by Gasteiger charge is -2.15. The maximum absolute atomic E-state index is 11.8. The van der Waals surface area contributed by atoms with Gasteiger partial charge in [-0.2, -0.15) is 0 Å². The number of rotatable bonds is 4. The fraction of sp³-hybridized carbons (Fsp3) is 0.500. The molecular weight excluding hydrogens is 228 g/mol. The number of aliphatic carboxylic acids is 1. The van der Waals surface area contributed by atoms with Gasteiger partial charge in [0.15, 0.2) is 0 Å². The molecule has 1 amide bonds. The first kappa shape index (κ1) is 11.1. The van der Waals surface area contributed by atoms with Gasteiger partial charge in [0, 0.05) is 11.6 Å². The van der Waals surface area contributed by atoms with E-state index in [1.165, 1.54) is 11.3 Å².